The summed E-state index contributed by atoms with van der Waals surface area (Å²) in [4.78, 5) is 19.3. The van der Waals surface area contributed by atoms with Crippen LogP contribution in [0.15, 0.2) is 0 Å². The molecule has 4 nitrogen and oxygen atoms in total. The number of rotatable bonds is 12. The molecule has 0 aromatic rings. The number of aliphatic carboxylic acids is 2. The zero-order valence-electron chi connectivity index (χ0n) is 15.2. The third-order valence-corrected chi connectivity index (χ3v) is 3.01. The van der Waals surface area contributed by atoms with E-state index in [4.69, 9.17) is 10.2 Å². The molecule has 0 aliphatic rings. The zero-order valence-corrected chi connectivity index (χ0v) is 16.2. The van der Waals surface area contributed by atoms with E-state index < -0.39 is 11.9 Å². The molecule has 0 bridgehead atoms. The van der Waals surface area contributed by atoms with Crippen molar-refractivity contribution >= 4 is 11.9 Å². The maximum absolute atomic E-state index is 9.64. The molecule has 0 amide bonds. The molecule has 0 heterocycles. The molecule has 0 fully saturated rings. The maximum Gasteiger partial charge on any atom is 1.00 e. The quantitative estimate of drug-likeness (QED) is 0.427. The van der Waals surface area contributed by atoms with E-state index in [1.54, 1.807) is 0 Å². The zero-order chi connectivity index (χ0) is 15.6. The van der Waals surface area contributed by atoms with Gasteiger partial charge in [-0.15, -0.1) is 0 Å². The molecular formula is C16H33NaO4. The molecule has 0 spiro atoms. The Morgan fingerprint density at radius 3 is 1.10 bits per heavy atom. The van der Waals surface area contributed by atoms with Gasteiger partial charge in [0, 0.05) is 0 Å². The van der Waals surface area contributed by atoms with Crippen LogP contribution in [0.3, 0.4) is 0 Å². The minimum Gasteiger partial charge on any atom is -1.00 e. The van der Waals surface area contributed by atoms with E-state index in [-0.39, 0.29) is 43.8 Å². The van der Waals surface area contributed by atoms with Gasteiger partial charge in [-0.25, -0.2) is 0 Å². The van der Waals surface area contributed by atoms with E-state index in [0.717, 1.165) is 0 Å². The Balaban J connectivity index is -0.000000144. The van der Waals surface area contributed by atoms with Crippen LogP contribution in [0.5, 0.6) is 0 Å². The summed E-state index contributed by atoms with van der Waals surface area (Å²) in [5.41, 5.74) is 0. The van der Waals surface area contributed by atoms with E-state index in [0.29, 0.717) is 0 Å². The summed E-state index contributed by atoms with van der Waals surface area (Å²) in [6.07, 6.45) is 13.8. The minimum absolute atomic E-state index is 0. The van der Waals surface area contributed by atoms with Gasteiger partial charge in [0.2, 0.25) is 0 Å². The average Bonchev–Trinajstić information content (AvgIpc) is 2.40. The van der Waals surface area contributed by atoms with E-state index in [1.807, 2.05) is 0 Å². The van der Waals surface area contributed by atoms with Crippen molar-refractivity contribution in [2.45, 2.75) is 90.9 Å². The topological polar surface area (TPSA) is 74.6 Å². The van der Waals surface area contributed by atoms with Crippen molar-refractivity contribution in [1.29, 1.82) is 0 Å². The molecule has 122 valence electrons. The smallest absolute Gasteiger partial charge is 1.00 e. The second-order valence-corrected chi connectivity index (χ2v) is 5.12. The predicted molar refractivity (Wildman–Crippen MR) is 83.1 cm³/mol. The summed E-state index contributed by atoms with van der Waals surface area (Å²) >= 11 is 0. The second kappa shape index (κ2) is 22.2. The van der Waals surface area contributed by atoms with Gasteiger partial charge in [0.05, 0.1) is 12.8 Å². The minimum atomic E-state index is -1.08. The van der Waals surface area contributed by atoms with E-state index in [9.17, 15) is 9.59 Å². The van der Waals surface area contributed by atoms with Crippen LogP contribution in [0, 0.1) is 0 Å². The number of unbranched alkanes of at least 4 members (excludes halogenated alkanes) is 9. The van der Waals surface area contributed by atoms with E-state index in [1.165, 1.54) is 64.2 Å². The Morgan fingerprint density at radius 2 is 0.905 bits per heavy atom. The Hall–Kier alpha value is -0.0600. The first-order chi connectivity index (χ1) is 9.54. The fraction of sp³-hybridized carbons (Fsp3) is 0.875. The van der Waals surface area contributed by atoms with Gasteiger partial charge in [-0.05, 0) is 0 Å². The molecule has 5 heteroatoms. The first-order valence-corrected chi connectivity index (χ1v) is 7.98. The number of hydrogen-bond acceptors (Lipinski definition) is 2. The number of hydrogen-bond donors (Lipinski definition) is 2. The Labute approximate surface area is 153 Å². The van der Waals surface area contributed by atoms with Gasteiger partial charge in [0.25, 0.3) is 0 Å². The standard InChI is InChI=1S/C12H26.C4H6O4.Na.H/c1-3-5-7-9-11-12-10-8-6-4-2;5-3(6)1-2-4(7)8;;/h3-12H2,1-2H3;1-2H2,(H,5,6)(H,7,8);;/q;;+1;-1. The molecule has 21 heavy (non-hydrogen) atoms. The van der Waals surface area contributed by atoms with Crippen molar-refractivity contribution in [3.8, 4) is 0 Å². The summed E-state index contributed by atoms with van der Waals surface area (Å²) in [6.45, 7) is 4.56. The molecule has 0 aromatic carbocycles. The molecule has 2 N–H and O–H groups in total. The van der Waals surface area contributed by atoms with Gasteiger partial charge < -0.3 is 11.6 Å². The van der Waals surface area contributed by atoms with Gasteiger partial charge in [-0.2, -0.15) is 0 Å². The average molecular weight is 312 g/mol. The molecule has 0 aromatic heterocycles. The second-order valence-electron chi connectivity index (χ2n) is 5.12. The van der Waals surface area contributed by atoms with Gasteiger partial charge in [-0.3, -0.25) is 9.59 Å². The molecule has 0 saturated heterocycles. The predicted octanol–water partition coefficient (Wildman–Crippen LogP) is 1.98. The van der Waals surface area contributed by atoms with Crippen molar-refractivity contribution in [2.75, 3.05) is 0 Å². The summed E-state index contributed by atoms with van der Waals surface area (Å²) in [6, 6.07) is 0. The van der Waals surface area contributed by atoms with Crippen LogP contribution in [0.1, 0.15) is 92.3 Å². The molecule has 0 aliphatic carbocycles. The van der Waals surface area contributed by atoms with Gasteiger partial charge >= 0.3 is 41.5 Å². The van der Waals surface area contributed by atoms with Crippen molar-refractivity contribution in [2.24, 2.45) is 0 Å². The van der Waals surface area contributed by atoms with Crippen LogP contribution in [0.4, 0.5) is 0 Å². The maximum atomic E-state index is 9.64. The van der Waals surface area contributed by atoms with Gasteiger partial charge in [0.1, 0.15) is 0 Å². The van der Waals surface area contributed by atoms with Gasteiger partial charge in [-0.1, -0.05) is 78.1 Å². The van der Waals surface area contributed by atoms with Crippen molar-refractivity contribution in [1.82, 2.24) is 0 Å². The summed E-state index contributed by atoms with van der Waals surface area (Å²) in [7, 11) is 0. The third kappa shape index (κ3) is 33.0. The monoisotopic (exact) mass is 312 g/mol. The first kappa shape index (κ1) is 25.9. The van der Waals surface area contributed by atoms with E-state index in [2.05, 4.69) is 13.8 Å². The molecular weight excluding hydrogens is 279 g/mol. The van der Waals surface area contributed by atoms with Gasteiger partial charge in [0.15, 0.2) is 0 Å². The number of carbonyl (C=O) groups is 2. The Morgan fingerprint density at radius 1 is 0.667 bits per heavy atom. The van der Waals surface area contributed by atoms with Crippen molar-refractivity contribution in [3.63, 3.8) is 0 Å². The first-order valence-electron chi connectivity index (χ1n) is 7.98. The number of carboxylic acid groups (broad SMARTS) is 2. The summed E-state index contributed by atoms with van der Waals surface area (Å²) in [5, 5.41) is 15.8. The SMILES string of the molecule is CCCCCCCCCCCC.O=C(O)CCC(=O)O.[H-].[Na+]. The summed E-state index contributed by atoms with van der Waals surface area (Å²) in [5.74, 6) is -2.15. The molecule has 0 radical (unpaired) electrons. The van der Waals surface area contributed by atoms with Crippen LogP contribution >= 0.6 is 0 Å². The molecule has 0 saturated carbocycles. The van der Waals surface area contributed by atoms with Crippen LogP contribution in [0.25, 0.3) is 0 Å². The van der Waals surface area contributed by atoms with Crippen LogP contribution in [-0.2, 0) is 9.59 Å². The van der Waals surface area contributed by atoms with E-state index >= 15 is 0 Å². The van der Waals surface area contributed by atoms with Crippen LogP contribution in [-0.4, -0.2) is 22.2 Å². The summed E-state index contributed by atoms with van der Waals surface area (Å²) < 4.78 is 0. The Bertz CT molecular complexity index is 214. The van der Waals surface area contributed by atoms with Crippen molar-refractivity contribution < 1.29 is 50.8 Å². The molecule has 0 unspecified atom stereocenters. The van der Waals surface area contributed by atoms with Crippen molar-refractivity contribution in [3.05, 3.63) is 0 Å². The fourth-order valence-corrected chi connectivity index (χ4v) is 1.77. The molecule has 0 rings (SSSR count). The fourth-order valence-electron chi connectivity index (χ4n) is 1.77. The number of carboxylic acids is 2. The normalized spacial score (nSPS) is 9.24. The third-order valence-electron chi connectivity index (χ3n) is 3.01. The molecule has 0 aliphatic heterocycles. The van der Waals surface area contributed by atoms with Crippen LogP contribution in [0.2, 0.25) is 0 Å². The largest absolute Gasteiger partial charge is 1.00 e. The molecule has 0 atom stereocenters. The Kier molecular flexibility index (Phi) is 27.4. The van der Waals surface area contributed by atoms with Crippen LogP contribution < -0.4 is 29.6 Å².